The molecular weight excluding hydrogens is 343 g/mol. The van der Waals surface area contributed by atoms with Gasteiger partial charge in [-0.15, -0.1) is 0 Å². The Kier molecular flexibility index (Phi) is 7.63. The number of ether oxygens (including phenoxy) is 1. The number of halogens is 2. The van der Waals surface area contributed by atoms with E-state index in [0.717, 1.165) is 17.5 Å². The van der Waals surface area contributed by atoms with E-state index in [1.54, 1.807) is 38.6 Å². The van der Waals surface area contributed by atoms with E-state index in [2.05, 4.69) is 20.6 Å². The first-order valence-electron chi connectivity index (χ1n) is 7.95. The molecule has 1 heterocycles. The smallest absolute Gasteiger partial charge is 0.191 e. The summed E-state index contributed by atoms with van der Waals surface area (Å²) >= 11 is 5.77. The molecule has 2 aromatic rings. The van der Waals surface area contributed by atoms with Crippen LogP contribution in [0.5, 0.6) is 0 Å². The maximum atomic E-state index is 13.0. The first kappa shape index (κ1) is 19.1. The van der Waals surface area contributed by atoms with Gasteiger partial charge in [0.15, 0.2) is 5.96 Å². The van der Waals surface area contributed by atoms with Crippen LogP contribution in [0.4, 0.5) is 4.39 Å². The Bertz CT molecular complexity index is 676. The minimum Gasteiger partial charge on any atom is -0.375 e. The predicted octanol–water partition coefficient (Wildman–Crippen LogP) is 2.97. The van der Waals surface area contributed by atoms with Gasteiger partial charge in [-0.1, -0.05) is 29.8 Å². The molecule has 0 amide bonds. The monoisotopic (exact) mass is 364 g/mol. The van der Waals surface area contributed by atoms with Crippen LogP contribution in [0.25, 0.3) is 0 Å². The number of aromatic nitrogens is 1. The average molecular weight is 365 g/mol. The first-order valence-corrected chi connectivity index (χ1v) is 8.33. The molecule has 0 saturated carbocycles. The van der Waals surface area contributed by atoms with E-state index in [0.29, 0.717) is 24.2 Å². The first-order chi connectivity index (χ1) is 12.1. The van der Waals surface area contributed by atoms with Crippen molar-refractivity contribution in [2.24, 2.45) is 4.99 Å². The van der Waals surface area contributed by atoms with Crippen molar-refractivity contribution in [2.75, 3.05) is 27.2 Å². The quantitative estimate of drug-likeness (QED) is 0.450. The van der Waals surface area contributed by atoms with Gasteiger partial charge in [-0.3, -0.25) is 4.99 Å². The topological polar surface area (TPSA) is 58.5 Å². The maximum absolute atomic E-state index is 13.0. The van der Waals surface area contributed by atoms with Gasteiger partial charge in [0, 0.05) is 33.4 Å². The van der Waals surface area contributed by atoms with Crippen molar-refractivity contribution in [3.63, 3.8) is 0 Å². The van der Waals surface area contributed by atoms with Crippen molar-refractivity contribution in [1.82, 2.24) is 15.6 Å². The zero-order valence-corrected chi connectivity index (χ0v) is 15.1. The van der Waals surface area contributed by atoms with Crippen LogP contribution >= 0.6 is 11.6 Å². The van der Waals surface area contributed by atoms with Crippen LogP contribution < -0.4 is 10.6 Å². The third-order valence-electron chi connectivity index (χ3n) is 3.70. The number of hydrogen-bond donors (Lipinski definition) is 2. The molecule has 2 N–H and O–H groups in total. The van der Waals surface area contributed by atoms with Crippen molar-refractivity contribution < 1.29 is 9.13 Å². The van der Waals surface area contributed by atoms with Gasteiger partial charge >= 0.3 is 0 Å². The molecule has 0 aliphatic heterocycles. The van der Waals surface area contributed by atoms with E-state index in [1.807, 2.05) is 6.07 Å². The van der Waals surface area contributed by atoms with E-state index >= 15 is 0 Å². The molecule has 1 aromatic carbocycles. The molecule has 1 aromatic heterocycles. The standard InChI is InChI=1S/C18H22ClFN4O/c1-21-18(22-10-9-13-3-8-17(19)23-11-13)24-12-16(25-2)14-4-6-15(20)7-5-14/h3-8,11,16H,9-10,12H2,1-2H3,(H2,21,22,24). The van der Waals surface area contributed by atoms with Crippen LogP contribution in [0.1, 0.15) is 17.2 Å². The molecule has 1 atom stereocenters. The van der Waals surface area contributed by atoms with Gasteiger partial charge in [-0.2, -0.15) is 0 Å². The summed E-state index contributed by atoms with van der Waals surface area (Å²) in [5, 5.41) is 6.93. The predicted molar refractivity (Wildman–Crippen MR) is 98.5 cm³/mol. The van der Waals surface area contributed by atoms with E-state index in [-0.39, 0.29) is 11.9 Å². The highest BCUT2D eigenvalue weighted by molar-refractivity contribution is 6.29. The molecule has 1 unspecified atom stereocenters. The second kappa shape index (κ2) is 9.96. The summed E-state index contributed by atoms with van der Waals surface area (Å²) in [5.41, 5.74) is 1.99. The van der Waals surface area contributed by atoms with Crippen LogP contribution in [0.15, 0.2) is 47.6 Å². The lowest BCUT2D eigenvalue weighted by Gasteiger charge is -2.18. The average Bonchev–Trinajstić information content (AvgIpc) is 2.63. The Morgan fingerprint density at radius 2 is 2.00 bits per heavy atom. The Labute approximate surface area is 152 Å². The molecule has 0 aliphatic carbocycles. The molecule has 0 radical (unpaired) electrons. The molecule has 0 saturated heterocycles. The summed E-state index contributed by atoms with van der Waals surface area (Å²) in [5.74, 6) is 0.409. The highest BCUT2D eigenvalue weighted by Crippen LogP contribution is 2.16. The van der Waals surface area contributed by atoms with Gasteiger partial charge in [0.25, 0.3) is 0 Å². The largest absolute Gasteiger partial charge is 0.375 e. The summed E-state index contributed by atoms with van der Waals surface area (Å²) in [7, 11) is 3.33. The van der Waals surface area contributed by atoms with E-state index in [9.17, 15) is 4.39 Å². The molecule has 0 spiro atoms. The zero-order valence-electron chi connectivity index (χ0n) is 14.3. The zero-order chi connectivity index (χ0) is 18.1. The third-order valence-corrected chi connectivity index (χ3v) is 3.92. The second-order valence-corrected chi connectivity index (χ2v) is 5.78. The number of nitrogens with zero attached hydrogens (tertiary/aromatic N) is 2. The van der Waals surface area contributed by atoms with E-state index in [4.69, 9.17) is 16.3 Å². The highest BCUT2D eigenvalue weighted by atomic mass is 35.5. The molecule has 0 fully saturated rings. The van der Waals surface area contributed by atoms with Crippen molar-refractivity contribution in [3.8, 4) is 0 Å². The van der Waals surface area contributed by atoms with Crippen molar-refractivity contribution in [3.05, 3.63) is 64.7 Å². The van der Waals surface area contributed by atoms with Crippen LogP contribution in [0.3, 0.4) is 0 Å². The number of guanidine groups is 1. The fourth-order valence-corrected chi connectivity index (χ4v) is 2.42. The number of aliphatic imine (C=N–C) groups is 1. The van der Waals surface area contributed by atoms with Crippen molar-refractivity contribution >= 4 is 17.6 Å². The van der Waals surface area contributed by atoms with Crippen LogP contribution in [0.2, 0.25) is 5.15 Å². The van der Waals surface area contributed by atoms with Gasteiger partial charge in [0.2, 0.25) is 0 Å². The number of nitrogens with one attached hydrogen (secondary N) is 2. The lowest BCUT2D eigenvalue weighted by molar-refractivity contribution is 0.106. The summed E-state index contributed by atoms with van der Waals surface area (Å²) in [6.07, 6.45) is 2.37. The number of benzene rings is 1. The number of pyridine rings is 1. The van der Waals surface area contributed by atoms with Gasteiger partial charge < -0.3 is 15.4 Å². The van der Waals surface area contributed by atoms with Crippen LogP contribution in [-0.4, -0.2) is 38.2 Å². The summed E-state index contributed by atoms with van der Waals surface area (Å²) < 4.78 is 18.5. The number of rotatable bonds is 7. The lowest BCUT2D eigenvalue weighted by atomic mass is 10.1. The molecule has 7 heteroatoms. The second-order valence-electron chi connectivity index (χ2n) is 5.39. The van der Waals surface area contributed by atoms with E-state index < -0.39 is 0 Å². The molecule has 2 rings (SSSR count). The van der Waals surface area contributed by atoms with Gasteiger partial charge in [-0.25, -0.2) is 9.37 Å². The molecule has 0 aliphatic rings. The fourth-order valence-electron chi connectivity index (χ4n) is 2.30. The van der Waals surface area contributed by atoms with Gasteiger partial charge in [0.05, 0.1) is 6.10 Å². The lowest BCUT2D eigenvalue weighted by Crippen LogP contribution is -2.40. The normalized spacial score (nSPS) is 12.7. The molecule has 25 heavy (non-hydrogen) atoms. The summed E-state index contributed by atoms with van der Waals surface area (Å²) in [6, 6.07) is 10.0. The number of methoxy groups -OCH3 is 1. The minimum absolute atomic E-state index is 0.195. The van der Waals surface area contributed by atoms with Crippen LogP contribution in [-0.2, 0) is 11.2 Å². The Balaban J connectivity index is 1.80. The fraction of sp³-hybridized carbons (Fsp3) is 0.333. The molecule has 0 bridgehead atoms. The van der Waals surface area contributed by atoms with E-state index in [1.165, 1.54) is 12.1 Å². The molecular formula is C18H22ClFN4O. The minimum atomic E-state index is -0.263. The Morgan fingerprint density at radius 3 is 2.60 bits per heavy atom. The van der Waals surface area contributed by atoms with Crippen LogP contribution in [0, 0.1) is 5.82 Å². The Hall–Kier alpha value is -2.18. The molecule has 134 valence electrons. The highest BCUT2D eigenvalue weighted by Gasteiger charge is 2.11. The third kappa shape index (κ3) is 6.32. The SMILES string of the molecule is CN=C(NCCc1ccc(Cl)nc1)NCC(OC)c1ccc(F)cc1. The van der Waals surface area contributed by atoms with Gasteiger partial charge in [-0.05, 0) is 35.7 Å². The number of hydrogen-bond acceptors (Lipinski definition) is 3. The summed E-state index contributed by atoms with van der Waals surface area (Å²) in [4.78, 5) is 8.25. The van der Waals surface area contributed by atoms with Crippen molar-refractivity contribution in [1.29, 1.82) is 0 Å². The summed E-state index contributed by atoms with van der Waals surface area (Å²) in [6.45, 7) is 1.22. The Morgan fingerprint density at radius 1 is 1.24 bits per heavy atom. The maximum Gasteiger partial charge on any atom is 0.191 e. The van der Waals surface area contributed by atoms with Crippen molar-refractivity contribution in [2.45, 2.75) is 12.5 Å². The van der Waals surface area contributed by atoms with Gasteiger partial charge in [0.1, 0.15) is 11.0 Å². The molecule has 5 nitrogen and oxygen atoms in total.